The topological polar surface area (TPSA) is 26.3 Å². The van der Waals surface area contributed by atoms with Gasteiger partial charge in [0.1, 0.15) is 6.10 Å². The van der Waals surface area contributed by atoms with E-state index in [2.05, 4.69) is 43.4 Å². The molecule has 1 heterocycles. The molecule has 4 heteroatoms. The molecule has 4 fully saturated rings. The van der Waals surface area contributed by atoms with Gasteiger partial charge in [-0.05, 0) is 91.5 Å². The van der Waals surface area contributed by atoms with E-state index in [4.69, 9.17) is 4.74 Å². The largest absolute Gasteiger partial charge is 0.462 e. The maximum atomic E-state index is 11.4. The van der Waals surface area contributed by atoms with Gasteiger partial charge in [0.2, 0.25) is 0 Å². The molecule has 4 aliphatic carbocycles. The molecule has 3 saturated carbocycles. The van der Waals surface area contributed by atoms with E-state index in [1.807, 2.05) is 0 Å². The average molecular weight is 421 g/mol. The monoisotopic (exact) mass is 420 g/mol. The van der Waals surface area contributed by atoms with Crippen LogP contribution in [0.2, 0.25) is 0 Å². The summed E-state index contributed by atoms with van der Waals surface area (Å²) < 4.78 is 6.11. The van der Waals surface area contributed by atoms with Crippen molar-refractivity contribution in [3.05, 3.63) is 11.6 Å². The van der Waals surface area contributed by atoms with Crippen molar-refractivity contribution in [3.8, 4) is 0 Å². The zero-order valence-corrected chi connectivity index (χ0v) is 19.4. The summed E-state index contributed by atoms with van der Waals surface area (Å²) in [7, 11) is 0. The quantitative estimate of drug-likeness (QED) is 0.360. The number of hydrogen-bond acceptors (Lipinski definition) is 4. The van der Waals surface area contributed by atoms with E-state index >= 15 is 0 Å². The molecule has 6 atom stereocenters. The first-order valence-electron chi connectivity index (χ1n) is 11.5. The summed E-state index contributed by atoms with van der Waals surface area (Å²) in [6, 6.07) is 0. The van der Waals surface area contributed by atoms with Crippen LogP contribution in [0.25, 0.3) is 0 Å². The van der Waals surface area contributed by atoms with E-state index in [0.29, 0.717) is 14.9 Å². The van der Waals surface area contributed by atoms with Crippen molar-refractivity contribution in [1.29, 1.82) is 0 Å². The zero-order chi connectivity index (χ0) is 19.6. The fourth-order valence-corrected chi connectivity index (χ4v) is 11.9. The lowest BCUT2D eigenvalue weighted by Gasteiger charge is -2.60. The lowest BCUT2D eigenvalue weighted by molar-refractivity contribution is -0.148. The first-order valence-corrected chi connectivity index (χ1v) is 13.5. The summed E-state index contributed by atoms with van der Waals surface area (Å²) in [5.74, 6) is 5.27. The van der Waals surface area contributed by atoms with Crippen molar-refractivity contribution < 1.29 is 9.53 Å². The Bertz CT molecular complexity index is 682. The minimum atomic E-state index is -0.116. The van der Waals surface area contributed by atoms with Crippen LogP contribution in [0.3, 0.4) is 0 Å². The molecule has 2 nitrogen and oxygen atoms in total. The van der Waals surface area contributed by atoms with Crippen LogP contribution >= 0.6 is 23.5 Å². The first kappa shape index (κ1) is 19.8. The maximum absolute atomic E-state index is 11.4. The lowest BCUT2D eigenvalue weighted by Crippen LogP contribution is -2.53. The molecule has 4 unspecified atom stereocenters. The van der Waals surface area contributed by atoms with Gasteiger partial charge in [0.25, 0.3) is 0 Å². The predicted octanol–water partition coefficient (Wildman–Crippen LogP) is 6.45. The number of rotatable bonds is 1. The average Bonchev–Trinajstić information content (AvgIpc) is 2.94. The fraction of sp³-hybridized carbons (Fsp3) is 0.875. The lowest BCUT2D eigenvalue weighted by atomic mass is 9.48. The molecular weight excluding hydrogens is 384 g/mol. The molecule has 0 aromatic rings. The molecule has 28 heavy (non-hydrogen) atoms. The highest BCUT2D eigenvalue weighted by Gasteiger charge is 2.64. The normalized spacial score (nSPS) is 46.9. The molecule has 0 aromatic heterocycles. The number of ether oxygens (including phenoxy) is 1. The molecule has 0 bridgehead atoms. The second-order valence-corrected chi connectivity index (χ2v) is 13.6. The Morgan fingerprint density at radius 3 is 2.57 bits per heavy atom. The Hall–Kier alpha value is -0.0900. The van der Waals surface area contributed by atoms with E-state index in [9.17, 15) is 4.79 Å². The highest BCUT2D eigenvalue weighted by molar-refractivity contribution is 8.18. The van der Waals surface area contributed by atoms with E-state index in [1.165, 1.54) is 56.5 Å². The van der Waals surface area contributed by atoms with Crippen LogP contribution in [0.15, 0.2) is 11.6 Å². The summed E-state index contributed by atoms with van der Waals surface area (Å²) in [6.07, 6.45) is 14.3. The number of fused-ring (bicyclic) bond motifs is 6. The third-order valence-corrected chi connectivity index (χ3v) is 13.4. The molecule has 0 radical (unpaired) electrons. The Morgan fingerprint density at radius 2 is 1.82 bits per heavy atom. The Kier molecular flexibility index (Phi) is 4.94. The van der Waals surface area contributed by atoms with Crippen LogP contribution in [0.5, 0.6) is 0 Å². The van der Waals surface area contributed by atoms with Gasteiger partial charge in [0.05, 0.1) is 4.08 Å². The van der Waals surface area contributed by atoms with Crippen LogP contribution in [0.1, 0.15) is 78.6 Å². The van der Waals surface area contributed by atoms with Crippen molar-refractivity contribution >= 4 is 29.5 Å². The first-order chi connectivity index (χ1) is 13.4. The Balaban J connectivity index is 1.40. The van der Waals surface area contributed by atoms with E-state index < -0.39 is 0 Å². The molecule has 156 valence electrons. The van der Waals surface area contributed by atoms with Crippen LogP contribution < -0.4 is 0 Å². The van der Waals surface area contributed by atoms with Crippen LogP contribution in [0.4, 0.5) is 0 Å². The van der Waals surface area contributed by atoms with Gasteiger partial charge < -0.3 is 4.74 Å². The number of hydrogen-bond donors (Lipinski definition) is 0. The van der Waals surface area contributed by atoms with Crippen molar-refractivity contribution in [1.82, 2.24) is 0 Å². The minimum absolute atomic E-state index is 0.116. The summed E-state index contributed by atoms with van der Waals surface area (Å²) in [4.78, 5) is 11.4. The van der Waals surface area contributed by atoms with Gasteiger partial charge in [-0.15, -0.1) is 23.5 Å². The third kappa shape index (κ3) is 2.79. The molecule has 1 saturated heterocycles. The van der Waals surface area contributed by atoms with Gasteiger partial charge >= 0.3 is 5.97 Å². The Labute approximate surface area is 179 Å². The number of carbonyl (C=O) groups excluding carboxylic acids is 1. The number of allylic oxidation sites excluding steroid dienone is 1. The van der Waals surface area contributed by atoms with Crippen LogP contribution in [0, 0.1) is 28.6 Å². The summed E-state index contributed by atoms with van der Waals surface area (Å²) in [5, 5.41) is 0. The fourth-order valence-electron chi connectivity index (χ4n) is 7.97. The van der Waals surface area contributed by atoms with E-state index in [1.54, 1.807) is 12.5 Å². The zero-order valence-electron chi connectivity index (χ0n) is 17.8. The summed E-state index contributed by atoms with van der Waals surface area (Å²) >= 11 is 4.65. The van der Waals surface area contributed by atoms with Gasteiger partial charge in [0, 0.05) is 13.3 Å². The smallest absolute Gasteiger partial charge is 0.302 e. The minimum Gasteiger partial charge on any atom is -0.462 e. The van der Waals surface area contributed by atoms with Crippen molar-refractivity contribution in [3.63, 3.8) is 0 Å². The van der Waals surface area contributed by atoms with Crippen molar-refractivity contribution in [2.24, 2.45) is 28.6 Å². The van der Waals surface area contributed by atoms with Crippen molar-refractivity contribution in [2.75, 3.05) is 11.5 Å². The van der Waals surface area contributed by atoms with E-state index in [-0.39, 0.29) is 12.1 Å². The standard InChI is InChI=1S/C24H36O2S2/c1-16(25)26-18-7-10-22(2)17(15-18)5-6-19-20(22)8-11-23(3)21(19)9-12-24(23)27-13-4-14-28-24/h5,18-21H,4,6-15H2,1-3H3/t18?,19?,20?,21?,22-,23-/m1/s1. The van der Waals surface area contributed by atoms with Gasteiger partial charge in [-0.2, -0.15) is 0 Å². The van der Waals surface area contributed by atoms with Crippen molar-refractivity contribution in [2.45, 2.75) is 88.7 Å². The second-order valence-electron chi connectivity index (χ2n) is 10.5. The molecule has 5 rings (SSSR count). The maximum Gasteiger partial charge on any atom is 0.302 e. The molecule has 1 spiro atoms. The summed E-state index contributed by atoms with van der Waals surface area (Å²) in [5.41, 5.74) is 2.49. The summed E-state index contributed by atoms with van der Waals surface area (Å²) in [6.45, 7) is 6.78. The van der Waals surface area contributed by atoms with Crippen LogP contribution in [-0.2, 0) is 9.53 Å². The molecule has 0 amide bonds. The molecule has 0 aromatic carbocycles. The SMILES string of the molecule is CC(=O)OC1CC[C@]2(C)C(=CCC3C2CC[C@]2(C)C3CCC23SCCCS3)C1. The highest BCUT2D eigenvalue weighted by atomic mass is 32.2. The third-order valence-electron chi connectivity index (χ3n) is 9.39. The van der Waals surface area contributed by atoms with Gasteiger partial charge in [-0.1, -0.05) is 25.5 Å². The van der Waals surface area contributed by atoms with Gasteiger partial charge in [0.15, 0.2) is 0 Å². The predicted molar refractivity (Wildman–Crippen MR) is 120 cm³/mol. The van der Waals surface area contributed by atoms with E-state index in [0.717, 1.165) is 30.6 Å². The molecule has 1 aliphatic heterocycles. The van der Waals surface area contributed by atoms with Gasteiger partial charge in [-0.3, -0.25) is 4.79 Å². The van der Waals surface area contributed by atoms with Crippen LogP contribution in [-0.4, -0.2) is 27.7 Å². The molecule has 0 N–H and O–H groups in total. The molecule has 5 aliphatic rings. The number of thioether (sulfide) groups is 2. The molecular formula is C24H36O2S2. The highest BCUT2D eigenvalue weighted by Crippen LogP contribution is 2.73. The second kappa shape index (κ2) is 6.97. The number of esters is 1. The van der Waals surface area contributed by atoms with Gasteiger partial charge in [-0.25, -0.2) is 0 Å². The number of carbonyl (C=O) groups is 1. The Morgan fingerprint density at radius 1 is 1.07 bits per heavy atom.